The predicted molar refractivity (Wildman–Crippen MR) is 86.3 cm³/mol. The maximum absolute atomic E-state index is 12.2. The van der Waals surface area contributed by atoms with E-state index in [1.54, 1.807) is 0 Å². The second-order valence-electron chi connectivity index (χ2n) is 8.78. The van der Waals surface area contributed by atoms with E-state index in [1.807, 2.05) is 0 Å². The van der Waals surface area contributed by atoms with Crippen LogP contribution in [0.3, 0.4) is 0 Å². The maximum atomic E-state index is 12.2. The number of carbonyl (C=O) groups is 1. The highest BCUT2D eigenvalue weighted by Crippen LogP contribution is 2.68. The first kappa shape index (κ1) is 16.3. The van der Waals surface area contributed by atoms with Crippen LogP contribution in [0.25, 0.3) is 0 Å². The average Bonchev–Trinajstić information content (AvgIpc) is 2.80. The number of esters is 1. The minimum Gasteiger partial charge on any atom is -0.465 e. The smallest absolute Gasteiger partial charge is 0.309 e. The first-order chi connectivity index (χ1) is 10.3. The molecule has 3 saturated carbocycles. The summed E-state index contributed by atoms with van der Waals surface area (Å²) in [6.07, 6.45) is 7.97. The van der Waals surface area contributed by atoms with Gasteiger partial charge in [-0.2, -0.15) is 0 Å². The molecule has 1 N–H and O–H groups in total. The van der Waals surface area contributed by atoms with Gasteiger partial charge in [0.05, 0.1) is 18.6 Å². The van der Waals surface area contributed by atoms with Crippen LogP contribution in [0.1, 0.15) is 72.1 Å². The van der Waals surface area contributed by atoms with Crippen molar-refractivity contribution < 1.29 is 14.6 Å². The summed E-state index contributed by atoms with van der Waals surface area (Å²) in [5, 5.41) is 9.68. The summed E-state index contributed by atoms with van der Waals surface area (Å²) in [5.74, 6) is 1.40. The lowest BCUT2D eigenvalue weighted by Gasteiger charge is -2.39. The van der Waals surface area contributed by atoms with E-state index in [2.05, 4.69) is 20.8 Å². The van der Waals surface area contributed by atoms with Gasteiger partial charge in [-0.1, -0.05) is 27.2 Å². The van der Waals surface area contributed by atoms with Crippen molar-refractivity contribution in [3.8, 4) is 0 Å². The summed E-state index contributed by atoms with van der Waals surface area (Å²) >= 11 is 0. The number of hydrogen-bond donors (Lipinski definition) is 1. The van der Waals surface area contributed by atoms with E-state index in [0.717, 1.165) is 31.6 Å². The van der Waals surface area contributed by atoms with Crippen LogP contribution < -0.4 is 0 Å². The third-order valence-corrected chi connectivity index (χ3v) is 7.67. The van der Waals surface area contributed by atoms with Crippen LogP contribution in [0.15, 0.2) is 0 Å². The molecule has 3 aliphatic carbocycles. The predicted octanol–water partition coefficient (Wildman–Crippen LogP) is 3.93. The van der Waals surface area contributed by atoms with Gasteiger partial charge in [0.25, 0.3) is 0 Å². The molecule has 0 radical (unpaired) electrons. The van der Waals surface area contributed by atoms with Crippen LogP contribution in [-0.4, -0.2) is 23.8 Å². The molecule has 3 aliphatic rings. The quantitative estimate of drug-likeness (QED) is 0.800. The lowest BCUT2D eigenvalue weighted by atomic mass is 9.66. The highest BCUT2D eigenvalue weighted by Gasteiger charge is 2.60. The topological polar surface area (TPSA) is 46.5 Å². The molecular weight excluding hydrogens is 276 g/mol. The van der Waals surface area contributed by atoms with Gasteiger partial charge >= 0.3 is 5.97 Å². The van der Waals surface area contributed by atoms with Gasteiger partial charge in [-0.05, 0) is 67.6 Å². The van der Waals surface area contributed by atoms with Crippen molar-refractivity contribution in [3.63, 3.8) is 0 Å². The molecule has 126 valence electrons. The van der Waals surface area contributed by atoms with Crippen LogP contribution in [0, 0.1) is 28.6 Å². The number of carbonyl (C=O) groups excluding carboxylic acids is 1. The maximum Gasteiger partial charge on any atom is 0.309 e. The van der Waals surface area contributed by atoms with Crippen molar-refractivity contribution in [1.82, 2.24) is 0 Å². The molecule has 0 spiro atoms. The minimum atomic E-state index is -0.309. The Morgan fingerprint density at radius 1 is 1.18 bits per heavy atom. The zero-order valence-electron chi connectivity index (χ0n) is 14.4. The molecule has 5 unspecified atom stereocenters. The summed E-state index contributed by atoms with van der Waals surface area (Å²) in [6.45, 7) is 7.87. The highest BCUT2D eigenvalue weighted by atomic mass is 16.5. The summed E-state index contributed by atoms with van der Waals surface area (Å²) in [4.78, 5) is 12.2. The molecule has 0 saturated heterocycles. The molecule has 0 aromatic heterocycles. The molecule has 0 aliphatic heterocycles. The molecule has 5 atom stereocenters. The van der Waals surface area contributed by atoms with Crippen LogP contribution in [0.4, 0.5) is 0 Å². The van der Waals surface area contributed by atoms with E-state index >= 15 is 0 Å². The summed E-state index contributed by atoms with van der Waals surface area (Å²) in [6, 6.07) is 0. The zero-order valence-corrected chi connectivity index (χ0v) is 14.4. The molecule has 0 heterocycles. The minimum absolute atomic E-state index is 0.0733. The van der Waals surface area contributed by atoms with Gasteiger partial charge in [0, 0.05) is 0 Å². The van der Waals surface area contributed by atoms with E-state index in [1.165, 1.54) is 19.3 Å². The van der Waals surface area contributed by atoms with Gasteiger partial charge in [-0.3, -0.25) is 4.79 Å². The largest absolute Gasteiger partial charge is 0.465 e. The Morgan fingerprint density at radius 2 is 1.95 bits per heavy atom. The van der Waals surface area contributed by atoms with Crippen molar-refractivity contribution >= 4 is 5.97 Å². The van der Waals surface area contributed by atoms with E-state index in [4.69, 9.17) is 4.74 Å². The van der Waals surface area contributed by atoms with Gasteiger partial charge in [0.2, 0.25) is 0 Å². The molecular formula is C19H32O3. The molecule has 3 heteroatoms. The molecule has 0 aromatic carbocycles. The van der Waals surface area contributed by atoms with E-state index in [-0.39, 0.29) is 18.0 Å². The Balaban J connectivity index is 1.47. The number of ether oxygens (including phenoxy) is 1. The summed E-state index contributed by atoms with van der Waals surface area (Å²) in [5.41, 5.74) is 0.861. The molecule has 0 amide bonds. The Kier molecular flexibility index (Phi) is 4.30. The molecule has 2 bridgehead atoms. The number of rotatable bonds is 4. The van der Waals surface area contributed by atoms with E-state index in [9.17, 15) is 9.90 Å². The first-order valence-electron chi connectivity index (χ1n) is 9.19. The van der Waals surface area contributed by atoms with Crippen LogP contribution >= 0.6 is 0 Å². The first-order valence-corrected chi connectivity index (χ1v) is 9.19. The lowest BCUT2D eigenvalue weighted by molar-refractivity contribution is -0.151. The number of aliphatic hydroxyl groups is 1. The van der Waals surface area contributed by atoms with Crippen molar-refractivity contribution in [1.29, 1.82) is 0 Å². The molecule has 3 nitrogen and oxygen atoms in total. The standard InChI is InChI=1S/C19H32O3/c1-18(2)14-7-9-19(18,3)15(12-14)8-10-22-17(21)13-5-4-6-16(20)11-13/h13-16,20H,4-12H2,1-3H3. The Morgan fingerprint density at radius 3 is 2.55 bits per heavy atom. The Labute approximate surface area is 134 Å². The number of aliphatic hydroxyl groups excluding tert-OH is 1. The molecule has 3 fully saturated rings. The van der Waals surface area contributed by atoms with Crippen molar-refractivity contribution in [2.45, 2.75) is 78.2 Å². The van der Waals surface area contributed by atoms with E-state index < -0.39 is 0 Å². The second kappa shape index (κ2) is 5.81. The second-order valence-corrected chi connectivity index (χ2v) is 8.78. The van der Waals surface area contributed by atoms with Gasteiger partial charge in [-0.15, -0.1) is 0 Å². The van der Waals surface area contributed by atoms with Crippen molar-refractivity contribution in [2.24, 2.45) is 28.6 Å². The van der Waals surface area contributed by atoms with Gasteiger partial charge in [0.15, 0.2) is 0 Å². The number of fused-ring (bicyclic) bond motifs is 2. The fourth-order valence-electron chi connectivity index (χ4n) is 5.60. The van der Waals surface area contributed by atoms with Crippen LogP contribution in [-0.2, 0) is 9.53 Å². The van der Waals surface area contributed by atoms with E-state index in [0.29, 0.717) is 29.8 Å². The number of hydrogen-bond acceptors (Lipinski definition) is 3. The van der Waals surface area contributed by atoms with Gasteiger partial charge in [-0.25, -0.2) is 0 Å². The molecule has 0 aromatic rings. The lowest BCUT2D eigenvalue weighted by Crippen LogP contribution is -2.33. The molecule has 22 heavy (non-hydrogen) atoms. The van der Waals surface area contributed by atoms with Crippen molar-refractivity contribution in [2.75, 3.05) is 6.61 Å². The summed E-state index contributed by atoms with van der Waals surface area (Å²) < 4.78 is 5.56. The SMILES string of the molecule is CC1(C)C2CCC1(C)C(CCOC(=O)C1CCCC(O)C1)C2. The third kappa shape index (κ3) is 2.60. The monoisotopic (exact) mass is 308 g/mol. The van der Waals surface area contributed by atoms with Gasteiger partial charge in [0.1, 0.15) is 0 Å². The highest BCUT2D eigenvalue weighted by molar-refractivity contribution is 5.72. The Hall–Kier alpha value is -0.570. The molecule has 3 rings (SSSR count). The average molecular weight is 308 g/mol. The summed E-state index contributed by atoms with van der Waals surface area (Å²) in [7, 11) is 0. The fraction of sp³-hybridized carbons (Fsp3) is 0.947. The zero-order chi connectivity index (χ0) is 16.0. The Bertz CT molecular complexity index is 430. The van der Waals surface area contributed by atoms with Crippen molar-refractivity contribution in [3.05, 3.63) is 0 Å². The normalized spacial score (nSPS) is 43.3. The van der Waals surface area contributed by atoms with Gasteiger partial charge < -0.3 is 9.84 Å². The van der Waals surface area contributed by atoms with Crippen LogP contribution in [0.5, 0.6) is 0 Å². The van der Waals surface area contributed by atoms with Crippen LogP contribution in [0.2, 0.25) is 0 Å². The third-order valence-electron chi connectivity index (χ3n) is 7.67. The fourth-order valence-corrected chi connectivity index (χ4v) is 5.60.